The summed E-state index contributed by atoms with van der Waals surface area (Å²) < 4.78 is 22.9. The molecule has 0 aliphatic rings. The zero-order valence-electron chi connectivity index (χ0n) is 11.6. The molecule has 0 saturated carbocycles. The SMILES string of the molecule is CCC(C)(CCO)Nc1ccc(S(C)(=O)=O)cc1N. The third kappa shape index (κ3) is 4.11. The van der Waals surface area contributed by atoms with E-state index in [0.29, 0.717) is 17.8 Å². The highest BCUT2D eigenvalue weighted by atomic mass is 32.2. The normalized spacial score (nSPS) is 14.9. The second kappa shape index (κ2) is 5.79. The maximum atomic E-state index is 11.4. The molecule has 0 bridgehead atoms. The zero-order valence-corrected chi connectivity index (χ0v) is 12.4. The van der Waals surface area contributed by atoms with Gasteiger partial charge in [-0.2, -0.15) is 0 Å². The molecule has 4 N–H and O–H groups in total. The van der Waals surface area contributed by atoms with Gasteiger partial charge in [-0.25, -0.2) is 8.42 Å². The van der Waals surface area contributed by atoms with Crippen molar-refractivity contribution in [1.82, 2.24) is 0 Å². The summed E-state index contributed by atoms with van der Waals surface area (Å²) in [5.74, 6) is 0. The summed E-state index contributed by atoms with van der Waals surface area (Å²) in [4.78, 5) is 0.205. The number of aliphatic hydroxyl groups excluding tert-OH is 1. The van der Waals surface area contributed by atoms with E-state index in [1.807, 2.05) is 13.8 Å². The molecule has 6 heteroatoms. The van der Waals surface area contributed by atoms with Gasteiger partial charge in [0.1, 0.15) is 0 Å². The molecule has 0 radical (unpaired) electrons. The van der Waals surface area contributed by atoms with Crippen LogP contribution >= 0.6 is 0 Å². The Balaban J connectivity index is 3.04. The zero-order chi connectivity index (χ0) is 14.7. The number of rotatable bonds is 6. The number of hydrogen-bond acceptors (Lipinski definition) is 5. The Morgan fingerprint density at radius 1 is 1.42 bits per heavy atom. The monoisotopic (exact) mass is 286 g/mol. The molecule has 0 amide bonds. The lowest BCUT2D eigenvalue weighted by atomic mass is 9.94. The van der Waals surface area contributed by atoms with Crippen LogP contribution in [0.4, 0.5) is 11.4 Å². The molecule has 1 rings (SSSR count). The third-order valence-electron chi connectivity index (χ3n) is 3.33. The predicted molar refractivity (Wildman–Crippen MR) is 78.0 cm³/mol. The topological polar surface area (TPSA) is 92.4 Å². The number of sulfone groups is 1. The maximum Gasteiger partial charge on any atom is 0.175 e. The largest absolute Gasteiger partial charge is 0.397 e. The van der Waals surface area contributed by atoms with Crippen LogP contribution in [-0.4, -0.2) is 31.9 Å². The van der Waals surface area contributed by atoms with Crippen LogP contribution in [0.1, 0.15) is 26.7 Å². The highest BCUT2D eigenvalue weighted by molar-refractivity contribution is 7.90. The molecule has 1 aromatic carbocycles. The van der Waals surface area contributed by atoms with Crippen molar-refractivity contribution < 1.29 is 13.5 Å². The van der Waals surface area contributed by atoms with E-state index >= 15 is 0 Å². The first-order chi connectivity index (χ1) is 8.72. The molecule has 1 aromatic rings. The van der Waals surface area contributed by atoms with Gasteiger partial charge in [-0.15, -0.1) is 0 Å². The minimum atomic E-state index is -3.25. The highest BCUT2D eigenvalue weighted by Crippen LogP contribution is 2.28. The van der Waals surface area contributed by atoms with Crippen LogP contribution in [0.5, 0.6) is 0 Å². The van der Waals surface area contributed by atoms with Gasteiger partial charge in [-0.3, -0.25) is 0 Å². The minimum Gasteiger partial charge on any atom is -0.397 e. The Bertz CT molecular complexity index is 543. The standard InChI is InChI=1S/C13H22N2O3S/c1-4-13(2,7-8-16)15-12-6-5-10(9-11(12)14)19(3,17)18/h5-6,9,15-16H,4,7-8,14H2,1-3H3. The van der Waals surface area contributed by atoms with Gasteiger partial charge >= 0.3 is 0 Å². The second-order valence-electron chi connectivity index (χ2n) is 5.03. The lowest BCUT2D eigenvalue weighted by molar-refractivity contribution is 0.252. The molecule has 5 nitrogen and oxygen atoms in total. The molecule has 0 spiro atoms. The van der Waals surface area contributed by atoms with Crippen molar-refractivity contribution in [2.24, 2.45) is 0 Å². The number of nitrogens with two attached hydrogens (primary N) is 1. The molecular weight excluding hydrogens is 264 g/mol. The van der Waals surface area contributed by atoms with E-state index < -0.39 is 9.84 Å². The second-order valence-corrected chi connectivity index (χ2v) is 7.05. The molecule has 0 saturated heterocycles. The van der Waals surface area contributed by atoms with Gasteiger partial charge in [-0.05, 0) is 38.0 Å². The number of nitrogens with one attached hydrogen (secondary N) is 1. The van der Waals surface area contributed by atoms with Crippen molar-refractivity contribution in [2.45, 2.75) is 37.1 Å². The van der Waals surface area contributed by atoms with Crippen LogP contribution in [0.3, 0.4) is 0 Å². The van der Waals surface area contributed by atoms with Crippen molar-refractivity contribution in [3.05, 3.63) is 18.2 Å². The van der Waals surface area contributed by atoms with Crippen LogP contribution in [0.2, 0.25) is 0 Å². The summed E-state index contributed by atoms with van der Waals surface area (Å²) in [5, 5.41) is 12.4. The van der Waals surface area contributed by atoms with E-state index in [1.165, 1.54) is 12.1 Å². The molecule has 0 fully saturated rings. The molecule has 108 valence electrons. The Kier molecular flexibility index (Phi) is 4.81. The molecule has 1 unspecified atom stereocenters. The van der Waals surface area contributed by atoms with Crippen molar-refractivity contribution in [2.75, 3.05) is 23.9 Å². The van der Waals surface area contributed by atoms with Gasteiger partial charge in [0.25, 0.3) is 0 Å². The first-order valence-corrected chi connectivity index (χ1v) is 8.09. The Morgan fingerprint density at radius 2 is 2.05 bits per heavy atom. The van der Waals surface area contributed by atoms with Gasteiger partial charge in [-0.1, -0.05) is 6.92 Å². The molecule has 0 aromatic heterocycles. The number of nitrogen functional groups attached to an aromatic ring is 1. The summed E-state index contributed by atoms with van der Waals surface area (Å²) in [7, 11) is -3.25. The van der Waals surface area contributed by atoms with E-state index in [2.05, 4.69) is 5.32 Å². The van der Waals surface area contributed by atoms with Gasteiger partial charge in [0.05, 0.1) is 16.3 Å². The fourth-order valence-corrected chi connectivity index (χ4v) is 2.44. The van der Waals surface area contributed by atoms with E-state index in [4.69, 9.17) is 10.8 Å². The number of aliphatic hydroxyl groups is 1. The van der Waals surface area contributed by atoms with E-state index in [-0.39, 0.29) is 17.0 Å². The van der Waals surface area contributed by atoms with Gasteiger partial charge in [0.2, 0.25) is 0 Å². The first kappa shape index (κ1) is 15.8. The van der Waals surface area contributed by atoms with E-state index in [1.54, 1.807) is 6.07 Å². The first-order valence-electron chi connectivity index (χ1n) is 6.20. The Morgan fingerprint density at radius 3 is 2.47 bits per heavy atom. The van der Waals surface area contributed by atoms with Gasteiger partial charge in [0.15, 0.2) is 9.84 Å². The molecule has 0 heterocycles. The van der Waals surface area contributed by atoms with Gasteiger partial charge in [0, 0.05) is 18.4 Å². The van der Waals surface area contributed by atoms with Crippen molar-refractivity contribution in [3.8, 4) is 0 Å². The fourth-order valence-electron chi connectivity index (χ4n) is 1.78. The summed E-state index contributed by atoms with van der Waals surface area (Å²) >= 11 is 0. The summed E-state index contributed by atoms with van der Waals surface area (Å²) in [6.45, 7) is 4.09. The number of anilines is 2. The lowest BCUT2D eigenvalue weighted by Crippen LogP contribution is -2.35. The number of hydrogen-bond donors (Lipinski definition) is 3. The average Bonchev–Trinajstić information content (AvgIpc) is 2.31. The van der Waals surface area contributed by atoms with Crippen LogP contribution in [-0.2, 0) is 9.84 Å². The van der Waals surface area contributed by atoms with Crippen LogP contribution in [0, 0.1) is 0 Å². The minimum absolute atomic E-state index is 0.0820. The third-order valence-corrected chi connectivity index (χ3v) is 4.44. The van der Waals surface area contributed by atoms with Crippen molar-refractivity contribution in [3.63, 3.8) is 0 Å². The smallest absolute Gasteiger partial charge is 0.175 e. The van der Waals surface area contributed by atoms with Crippen LogP contribution < -0.4 is 11.1 Å². The maximum absolute atomic E-state index is 11.4. The summed E-state index contributed by atoms with van der Waals surface area (Å²) in [6.07, 6.45) is 2.56. The van der Waals surface area contributed by atoms with Crippen LogP contribution in [0.25, 0.3) is 0 Å². The molecular formula is C13H22N2O3S. The lowest BCUT2D eigenvalue weighted by Gasteiger charge is -2.31. The quantitative estimate of drug-likeness (QED) is 0.691. The molecule has 1 atom stereocenters. The fraction of sp³-hybridized carbons (Fsp3) is 0.538. The Labute approximate surface area is 114 Å². The van der Waals surface area contributed by atoms with E-state index in [0.717, 1.165) is 12.7 Å². The Hall–Kier alpha value is -1.27. The van der Waals surface area contributed by atoms with Crippen molar-refractivity contribution >= 4 is 21.2 Å². The molecule has 0 aliphatic carbocycles. The average molecular weight is 286 g/mol. The molecule has 0 aliphatic heterocycles. The van der Waals surface area contributed by atoms with Crippen LogP contribution in [0.15, 0.2) is 23.1 Å². The number of benzene rings is 1. The summed E-state index contributed by atoms with van der Waals surface area (Å²) in [6, 6.07) is 4.65. The molecule has 19 heavy (non-hydrogen) atoms. The van der Waals surface area contributed by atoms with E-state index in [9.17, 15) is 8.42 Å². The van der Waals surface area contributed by atoms with Crippen molar-refractivity contribution in [1.29, 1.82) is 0 Å². The predicted octanol–water partition coefficient (Wildman–Crippen LogP) is 1.64. The summed E-state index contributed by atoms with van der Waals surface area (Å²) in [5.41, 5.74) is 6.69. The highest BCUT2D eigenvalue weighted by Gasteiger charge is 2.22. The van der Waals surface area contributed by atoms with Gasteiger partial charge < -0.3 is 16.2 Å².